The molecule has 0 spiro atoms. The Labute approximate surface area is 110 Å². The highest BCUT2D eigenvalue weighted by Crippen LogP contribution is 2.28. The maximum atomic E-state index is 12.6. The quantitative estimate of drug-likeness (QED) is 0.784. The minimum Gasteiger partial charge on any atom is -0.338 e. The molecular formula is C14H25N3O. The molecule has 18 heavy (non-hydrogen) atoms. The lowest BCUT2D eigenvalue weighted by molar-refractivity contribution is -0.136. The number of carbonyl (C=O) groups is 1. The SMILES string of the molecule is CN1CCC(C(=O)N2CCCC2C2CCCN2)C1. The highest BCUT2D eigenvalue weighted by Gasteiger charge is 2.39. The van der Waals surface area contributed by atoms with Crippen LogP contribution in [0.25, 0.3) is 0 Å². The third-order valence-corrected chi connectivity index (χ3v) is 4.89. The maximum Gasteiger partial charge on any atom is 0.227 e. The largest absolute Gasteiger partial charge is 0.338 e. The lowest BCUT2D eigenvalue weighted by Crippen LogP contribution is -2.48. The molecule has 0 saturated carbocycles. The van der Waals surface area contributed by atoms with Crippen LogP contribution in [0.5, 0.6) is 0 Å². The van der Waals surface area contributed by atoms with E-state index in [9.17, 15) is 4.79 Å². The summed E-state index contributed by atoms with van der Waals surface area (Å²) in [7, 11) is 2.12. The highest BCUT2D eigenvalue weighted by atomic mass is 16.2. The van der Waals surface area contributed by atoms with Gasteiger partial charge in [-0.3, -0.25) is 4.79 Å². The second-order valence-electron chi connectivity index (χ2n) is 6.19. The van der Waals surface area contributed by atoms with E-state index in [0.29, 0.717) is 18.0 Å². The van der Waals surface area contributed by atoms with E-state index >= 15 is 0 Å². The molecule has 3 fully saturated rings. The summed E-state index contributed by atoms with van der Waals surface area (Å²) in [5.74, 6) is 0.688. The Morgan fingerprint density at radius 3 is 2.72 bits per heavy atom. The predicted molar refractivity (Wildman–Crippen MR) is 71.4 cm³/mol. The molecule has 3 heterocycles. The minimum atomic E-state index is 0.261. The van der Waals surface area contributed by atoms with Crippen molar-refractivity contribution in [1.29, 1.82) is 0 Å². The van der Waals surface area contributed by atoms with Gasteiger partial charge in [-0.25, -0.2) is 0 Å². The Morgan fingerprint density at radius 1 is 1.17 bits per heavy atom. The average molecular weight is 251 g/mol. The topological polar surface area (TPSA) is 35.6 Å². The van der Waals surface area contributed by atoms with E-state index in [1.807, 2.05) is 0 Å². The molecule has 4 heteroatoms. The predicted octanol–water partition coefficient (Wildman–Crippen LogP) is 0.681. The van der Waals surface area contributed by atoms with Crippen LogP contribution in [-0.4, -0.2) is 61.0 Å². The van der Waals surface area contributed by atoms with Gasteiger partial charge in [0.25, 0.3) is 0 Å². The molecule has 0 aliphatic carbocycles. The van der Waals surface area contributed by atoms with Crippen LogP contribution in [0, 0.1) is 5.92 Å². The molecule has 3 atom stereocenters. The Balaban J connectivity index is 1.64. The molecule has 1 N–H and O–H groups in total. The highest BCUT2D eigenvalue weighted by molar-refractivity contribution is 5.80. The fourth-order valence-electron chi connectivity index (χ4n) is 3.90. The molecule has 0 bridgehead atoms. The smallest absolute Gasteiger partial charge is 0.227 e. The Kier molecular flexibility index (Phi) is 3.57. The van der Waals surface area contributed by atoms with E-state index in [0.717, 1.165) is 32.6 Å². The molecule has 3 unspecified atom stereocenters. The van der Waals surface area contributed by atoms with E-state index in [2.05, 4.69) is 22.2 Å². The van der Waals surface area contributed by atoms with Crippen molar-refractivity contribution >= 4 is 5.91 Å². The van der Waals surface area contributed by atoms with Gasteiger partial charge in [-0.2, -0.15) is 0 Å². The second kappa shape index (κ2) is 5.17. The second-order valence-corrected chi connectivity index (χ2v) is 6.19. The first-order chi connectivity index (χ1) is 8.75. The van der Waals surface area contributed by atoms with Gasteiger partial charge in [0.2, 0.25) is 5.91 Å². The fraction of sp³-hybridized carbons (Fsp3) is 0.929. The lowest BCUT2D eigenvalue weighted by Gasteiger charge is -2.31. The monoisotopic (exact) mass is 251 g/mol. The van der Waals surface area contributed by atoms with Crippen molar-refractivity contribution in [2.75, 3.05) is 33.2 Å². The van der Waals surface area contributed by atoms with Crippen LogP contribution in [0.4, 0.5) is 0 Å². The summed E-state index contributed by atoms with van der Waals surface area (Å²) >= 11 is 0. The minimum absolute atomic E-state index is 0.261. The number of nitrogens with zero attached hydrogens (tertiary/aromatic N) is 2. The first-order valence-corrected chi connectivity index (χ1v) is 7.48. The van der Waals surface area contributed by atoms with E-state index < -0.39 is 0 Å². The molecule has 3 aliphatic rings. The molecule has 3 rings (SSSR count). The summed E-state index contributed by atoms with van der Waals surface area (Å²) in [6, 6.07) is 1.04. The first kappa shape index (κ1) is 12.4. The van der Waals surface area contributed by atoms with Gasteiger partial charge < -0.3 is 15.1 Å². The van der Waals surface area contributed by atoms with E-state index in [-0.39, 0.29) is 5.92 Å². The molecule has 0 aromatic rings. The summed E-state index contributed by atoms with van der Waals surface area (Å²) < 4.78 is 0. The Hall–Kier alpha value is -0.610. The number of hydrogen-bond acceptors (Lipinski definition) is 3. The standard InChI is InChI=1S/C14H25N3O/c1-16-9-6-11(10-16)14(18)17-8-3-5-13(17)12-4-2-7-15-12/h11-13,15H,2-10H2,1H3. The molecule has 3 aliphatic heterocycles. The third-order valence-electron chi connectivity index (χ3n) is 4.89. The van der Waals surface area contributed by atoms with Crippen molar-refractivity contribution in [3.63, 3.8) is 0 Å². The summed E-state index contributed by atoms with van der Waals surface area (Å²) in [6.07, 6.45) is 5.97. The summed E-state index contributed by atoms with van der Waals surface area (Å²) in [6.45, 7) is 4.16. The van der Waals surface area contributed by atoms with Crippen molar-refractivity contribution in [3.8, 4) is 0 Å². The number of likely N-dealkylation sites (tertiary alicyclic amines) is 2. The molecule has 0 aromatic carbocycles. The van der Waals surface area contributed by atoms with Gasteiger partial charge in [0.1, 0.15) is 0 Å². The normalized spacial score (nSPS) is 37.6. The zero-order valence-corrected chi connectivity index (χ0v) is 11.4. The zero-order valence-electron chi connectivity index (χ0n) is 11.4. The summed E-state index contributed by atoms with van der Waals surface area (Å²) in [4.78, 5) is 17.1. The van der Waals surface area contributed by atoms with Crippen LogP contribution in [0.2, 0.25) is 0 Å². The number of rotatable bonds is 2. The van der Waals surface area contributed by atoms with Gasteiger partial charge in [0.05, 0.1) is 5.92 Å². The van der Waals surface area contributed by atoms with Gasteiger partial charge in [0, 0.05) is 25.2 Å². The molecule has 0 aromatic heterocycles. The van der Waals surface area contributed by atoms with Crippen molar-refractivity contribution in [3.05, 3.63) is 0 Å². The van der Waals surface area contributed by atoms with Crippen LogP contribution < -0.4 is 5.32 Å². The van der Waals surface area contributed by atoms with Gasteiger partial charge in [-0.05, 0) is 52.2 Å². The number of hydrogen-bond donors (Lipinski definition) is 1. The van der Waals surface area contributed by atoms with Crippen LogP contribution >= 0.6 is 0 Å². The maximum absolute atomic E-state index is 12.6. The fourth-order valence-corrected chi connectivity index (χ4v) is 3.90. The van der Waals surface area contributed by atoms with Gasteiger partial charge in [-0.1, -0.05) is 0 Å². The van der Waals surface area contributed by atoms with Crippen LogP contribution in [0.3, 0.4) is 0 Å². The van der Waals surface area contributed by atoms with Gasteiger partial charge in [0.15, 0.2) is 0 Å². The third kappa shape index (κ3) is 2.28. The average Bonchev–Trinajstić information content (AvgIpc) is 3.08. The van der Waals surface area contributed by atoms with Gasteiger partial charge in [-0.15, -0.1) is 0 Å². The Morgan fingerprint density at radius 2 is 2.06 bits per heavy atom. The van der Waals surface area contributed by atoms with Crippen LogP contribution in [0.15, 0.2) is 0 Å². The van der Waals surface area contributed by atoms with Gasteiger partial charge >= 0.3 is 0 Å². The molecule has 1 amide bonds. The Bertz CT molecular complexity index is 314. The summed E-state index contributed by atoms with van der Waals surface area (Å²) in [5, 5.41) is 3.58. The number of nitrogens with one attached hydrogen (secondary N) is 1. The van der Waals surface area contributed by atoms with Crippen LogP contribution in [-0.2, 0) is 4.79 Å². The molecular weight excluding hydrogens is 226 g/mol. The zero-order chi connectivity index (χ0) is 12.5. The van der Waals surface area contributed by atoms with E-state index in [1.165, 1.54) is 25.7 Å². The van der Waals surface area contributed by atoms with Crippen molar-refractivity contribution in [2.24, 2.45) is 5.92 Å². The molecule has 4 nitrogen and oxygen atoms in total. The number of amides is 1. The van der Waals surface area contributed by atoms with E-state index in [1.54, 1.807) is 0 Å². The number of carbonyl (C=O) groups excluding carboxylic acids is 1. The van der Waals surface area contributed by atoms with Crippen molar-refractivity contribution in [2.45, 2.75) is 44.2 Å². The molecule has 3 saturated heterocycles. The lowest BCUT2D eigenvalue weighted by atomic mass is 10.0. The van der Waals surface area contributed by atoms with Crippen molar-refractivity contribution < 1.29 is 4.79 Å². The van der Waals surface area contributed by atoms with Crippen molar-refractivity contribution in [1.82, 2.24) is 15.1 Å². The van der Waals surface area contributed by atoms with Crippen LogP contribution in [0.1, 0.15) is 32.1 Å². The molecule has 0 radical (unpaired) electrons. The molecule has 102 valence electrons. The van der Waals surface area contributed by atoms with E-state index in [4.69, 9.17) is 0 Å². The first-order valence-electron chi connectivity index (χ1n) is 7.48. The summed E-state index contributed by atoms with van der Waals surface area (Å²) in [5.41, 5.74) is 0.